The monoisotopic (exact) mass is 170 g/mol. The number of anilines is 1. The van der Waals surface area contributed by atoms with Crippen LogP contribution in [0.1, 0.15) is 13.8 Å². The standard InChI is InChI=1S/C7H14N4O/c1-6(2)12-4-3-11-5-9-7(8)10-11/h5-6H,3-4H2,1-2H3,(H2,8,10). The van der Waals surface area contributed by atoms with Crippen molar-refractivity contribution in [2.24, 2.45) is 0 Å². The van der Waals surface area contributed by atoms with Gasteiger partial charge in [-0.2, -0.15) is 0 Å². The van der Waals surface area contributed by atoms with Crippen molar-refractivity contribution in [1.82, 2.24) is 14.8 Å². The molecule has 0 unspecified atom stereocenters. The Morgan fingerprint density at radius 2 is 2.42 bits per heavy atom. The fourth-order valence-electron chi connectivity index (χ4n) is 0.799. The Morgan fingerprint density at radius 3 is 2.92 bits per heavy atom. The van der Waals surface area contributed by atoms with E-state index in [0.717, 1.165) is 0 Å². The van der Waals surface area contributed by atoms with Gasteiger partial charge in [-0.05, 0) is 13.8 Å². The molecule has 1 heterocycles. The molecular formula is C7H14N4O. The molecule has 0 aliphatic heterocycles. The van der Waals surface area contributed by atoms with Crippen LogP contribution in [0.2, 0.25) is 0 Å². The molecule has 1 rings (SSSR count). The van der Waals surface area contributed by atoms with Gasteiger partial charge in [0.1, 0.15) is 6.33 Å². The van der Waals surface area contributed by atoms with Gasteiger partial charge in [-0.3, -0.25) is 0 Å². The highest BCUT2D eigenvalue weighted by atomic mass is 16.5. The maximum Gasteiger partial charge on any atom is 0.239 e. The predicted octanol–water partition coefficient (Wildman–Crippen LogP) is 0.285. The second-order valence-electron chi connectivity index (χ2n) is 2.79. The number of nitrogens with two attached hydrogens (primary N) is 1. The van der Waals surface area contributed by atoms with Gasteiger partial charge in [0, 0.05) is 0 Å². The van der Waals surface area contributed by atoms with Crippen LogP contribution in [0, 0.1) is 0 Å². The molecule has 2 N–H and O–H groups in total. The zero-order valence-corrected chi connectivity index (χ0v) is 7.40. The summed E-state index contributed by atoms with van der Waals surface area (Å²) >= 11 is 0. The molecule has 5 heteroatoms. The summed E-state index contributed by atoms with van der Waals surface area (Å²) in [4.78, 5) is 3.79. The van der Waals surface area contributed by atoms with E-state index in [4.69, 9.17) is 10.5 Å². The molecule has 0 saturated carbocycles. The molecule has 0 bridgehead atoms. The second kappa shape index (κ2) is 4.06. The van der Waals surface area contributed by atoms with E-state index in [-0.39, 0.29) is 6.10 Å². The van der Waals surface area contributed by atoms with Crippen molar-refractivity contribution in [3.8, 4) is 0 Å². The molecule has 0 amide bonds. The first-order valence-electron chi connectivity index (χ1n) is 3.95. The fraction of sp³-hybridized carbons (Fsp3) is 0.714. The lowest BCUT2D eigenvalue weighted by Crippen LogP contribution is -2.10. The van der Waals surface area contributed by atoms with E-state index < -0.39 is 0 Å². The SMILES string of the molecule is CC(C)OCCn1cnc(N)n1. The molecule has 1 aromatic rings. The predicted molar refractivity (Wildman–Crippen MR) is 45.5 cm³/mol. The molecule has 12 heavy (non-hydrogen) atoms. The topological polar surface area (TPSA) is 66.0 Å². The lowest BCUT2D eigenvalue weighted by atomic mass is 10.5. The Morgan fingerprint density at radius 1 is 1.67 bits per heavy atom. The van der Waals surface area contributed by atoms with Crippen LogP contribution in [0.3, 0.4) is 0 Å². The van der Waals surface area contributed by atoms with Crippen molar-refractivity contribution in [3.63, 3.8) is 0 Å². The van der Waals surface area contributed by atoms with Crippen molar-refractivity contribution >= 4 is 5.95 Å². The van der Waals surface area contributed by atoms with Crippen molar-refractivity contribution in [2.75, 3.05) is 12.3 Å². The fourth-order valence-corrected chi connectivity index (χ4v) is 0.799. The Hall–Kier alpha value is -1.10. The number of ether oxygens (including phenoxy) is 1. The summed E-state index contributed by atoms with van der Waals surface area (Å²) < 4.78 is 6.99. The van der Waals surface area contributed by atoms with Crippen LogP contribution in [0.4, 0.5) is 5.95 Å². The van der Waals surface area contributed by atoms with E-state index >= 15 is 0 Å². The average Bonchev–Trinajstić information content (AvgIpc) is 2.35. The highest BCUT2D eigenvalue weighted by Gasteiger charge is 1.96. The van der Waals surface area contributed by atoms with Gasteiger partial charge in [-0.1, -0.05) is 0 Å². The third-order valence-electron chi connectivity index (χ3n) is 1.33. The maximum absolute atomic E-state index is 5.33. The summed E-state index contributed by atoms with van der Waals surface area (Å²) in [6.45, 7) is 5.33. The van der Waals surface area contributed by atoms with Crippen molar-refractivity contribution in [3.05, 3.63) is 6.33 Å². The summed E-state index contributed by atoms with van der Waals surface area (Å²) in [6.07, 6.45) is 1.85. The van der Waals surface area contributed by atoms with Crippen molar-refractivity contribution in [2.45, 2.75) is 26.5 Å². The summed E-state index contributed by atoms with van der Waals surface area (Å²) in [5.74, 6) is 0.305. The molecule has 0 atom stereocenters. The molecule has 0 saturated heterocycles. The van der Waals surface area contributed by atoms with Crippen molar-refractivity contribution < 1.29 is 4.74 Å². The highest BCUT2D eigenvalue weighted by molar-refractivity contribution is 5.08. The van der Waals surface area contributed by atoms with E-state index in [9.17, 15) is 0 Å². The van der Waals surface area contributed by atoms with Gasteiger partial charge in [0.05, 0.1) is 19.3 Å². The van der Waals surface area contributed by atoms with Crippen LogP contribution in [0.15, 0.2) is 6.33 Å². The van der Waals surface area contributed by atoms with Gasteiger partial charge in [-0.15, -0.1) is 5.10 Å². The van der Waals surface area contributed by atoms with Gasteiger partial charge in [0.2, 0.25) is 5.95 Å². The number of aromatic nitrogens is 3. The number of rotatable bonds is 4. The Kier molecular flexibility index (Phi) is 3.04. The van der Waals surface area contributed by atoms with Crippen LogP contribution < -0.4 is 5.73 Å². The largest absolute Gasteiger partial charge is 0.377 e. The molecule has 0 aliphatic carbocycles. The van der Waals surface area contributed by atoms with E-state index in [1.807, 2.05) is 13.8 Å². The Labute approximate surface area is 71.5 Å². The minimum Gasteiger partial charge on any atom is -0.377 e. The number of nitrogen functional groups attached to an aromatic ring is 1. The Balaban J connectivity index is 2.24. The summed E-state index contributed by atoms with van der Waals surface area (Å²) in [5, 5.41) is 3.91. The zero-order valence-electron chi connectivity index (χ0n) is 7.40. The minimum atomic E-state index is 0.255. The van der Waals surface area contributed by atoms with Gasteiger partial charge in [0.25, 0.3) is 0 Å². The third kappa shape index (κ3) is 2.87. The van der Waals surface area contributed by atoms with Gasteiger partial charge in [-0.25, -0.2) is 9.67 Å². The van der Waals surface area contributed by atoms with E-state index in [2.05, 4.69) is 10.1 Å². The molecular weight excluding hydrogens is 156 g/mol. The zero-order chi connectivity index (χ0) is 8.97. The lowest BCUT2D eigenvalue weighted by Gasteiger charge is -2.06. The van der Waals surface area contributed by atoms with Gasteiger partial charge in [0.15, 0.2) is 0 Å². The first kappa shape index (κ1) is 8.99. The minimum absolute atomic E-state index is 0.255. The summed E-state index contributed by atoms with van der Waals surface area (Å²) in [7, 11) is 0. The molecule has 0 aliphatic rings. The smallest absolute Gasteiger partial charge is 0.239 e. The molecule has 0 spiro atoms. The molecule has 68 valence electrons. The number of hydrogen-bond acceptors (Lipinski definition) is 4. The van der Waals surface area contributed by atoms with E-state index in [1.54, 1.807) is 11.0 Å². The third-order valence-corrected chi connectivity index (χ3v) is 1.33. The quantitative estimate of drug-likeness (QED) is 0.705. The highest BCUT2D eigenvalue weighted by Crippen LogP contribution is 1.92. The summed E-state index contributed by atoms with van der Waals surface area (Å²) in [6, 6.07) is 0. The van der Waals surface area contributed by atoms with Crippen molar-refractivity contribution in [1.29, 1.82) is 0 Å². The first-order valence-corrected chi connectivity index (χ1v) is 3.95. The maximum atomic E-state index is 5.33. The lowest BCUT2D eigenvalue weighted by molar-refractivity contribution is 0.0709. The molecule has 0 radical (unpaired) electrons. The Bertz CT molecular complexity index is 233. The van der Waals surface area contributed by atoms with Gasteiger partial charge < -0.3 is 10.5 Å². The van der Waals surface area contributed by atoms with Crippen LogP contribution in [-0.2, 0) is 11.3 Å². The average molecular weight is 170 g/mol. The van der Waals surface area contributed by atoms with Gasteiger partial charge >= 0.3 is 0 Å². The normalized spacial score (nSPS) is 10.9. The van der Waals surface area contributed by atoms with Crippen LogP contribution in [0.25, 0.3) is 0 Å². The molecule has 0 aromatic carbocycles. The number of nitrogens with zero attached hydrogens (tertiary/aromatic N) is 3. The van der Waals surface area contributed by atoms with E-state index in [0.29, 0.717) is 19.1 Å². The van der Waals surface area contributed by atoms with E-state index in [1.165, 1.54) is 0 Å². The summed E-state index contributed by atoms with van der Waals surface area (Å²) in [5.41, 5.74) is 5.33. The van der Waals surface area contributed by atoms with Crippen LogP contribution in [-0.4, -0.2) is 27.5 Å². The molecule has 1 aromatic heterocycles. The van der Waals surface area contributed by atoms with Crippen LogP contribution in [0.5, 0.6) is 0 Å². The second-order valence-corrected chi connectivity index (χ2v) is 2.79. The first-order chi connectivity index (χ1) is 5.68. The van der Waals surface area contributed by atoms with Crippen LogP contribution >= 0.6 is 0 Å². The molecule has 0 fully saturated rings. The number of hydrogen-bond donors (Lipinski definition) is 1. The molecule has 5 nitrogen and oxygen atoms in total.